The number of ether oxygens (including phenoxy) is 1. The van der Waals surface area contributed by atoms with Crippen molar-refractivity contribution in [2.24, 2.45) is 7.05 Å². The van der Waals surface area contributed by atoms with Crippen LogP contribution < -0.4 is 5.43 Å². The third kappa shape index (κ3) is 5.18. The first-order valence-corrected chi connectivity index (χ1v) is 9.22. The molecule has 0 radical (unpaired) electrons. The maximum atomic E-state index is 12.9. The Morgan fingerprint density at radius 1 is 1.26 bits per heavy atom. The van der Waals surface area contributed by atoms with Crippen molar-refractivity contribution >= 4 is 40.9 Å². The highest BCUT2D eigenvalue weighted by molar-refractivity contribution is 8.00. The van der Waals surface area contributed by atoms with E-state index in [0.717, 1.165) is 18.8 Å². The number of hydrogen-bond acceptors (Lipinski definition) is 5. The molecule has 0 aliphatic heterocycles. The van der Waals surface area contributed by atoms with E-state index in [4.69, 9.17) is 27.9 Å². The number of carbonyl (C=O) groups is 1. The van der Waals surface area contributed by atoms with Gasteiger partial charge in [0.15, 0.2) is 0 Å². The van der Waals surface area contributed by atoms with Crippen molar-refractivity contribution < 1.29 is 22.7 Å². The van der Waals surface area contributed by atoms with Gasteiger partial charge >= 0.3 is 12.1 Å². The topological polar surface area (TPSA) is 61.2 Å². The second-order valence-electron chi connectivity index (χ2n) is 5.22. The van der Waals surface area contributed by atoms with Crippen LogP contribution in [0.25, 0.3) is 11.3 Å². The fourth-order valence-corrected chi connectivity index (χ4v) is 3.54. The van der Waals surface area contributed by atoms with E-state index in [-0.39, 0.29) is 33.7 Å². The van der Waals surface area contributed by atoms with Crippen LogP contribution in [0.3, 0.4) is 0 Å². The molecular formula is C16H13Cl2F3N2O3S. The lowest BCUT2D eigenvalue weighted by molar-refractivity contribution is -0.144. The van der Waals surface area contributed by atoms with Crippen LogP contribution in [0.4, 0.5) is 13.2 Å². The zero-order chi connectivity index (χ0) is 20.4. The molecule has 0 atom stereocenters. The van der Waals surface area contributed by atoms with Gasteiger partial charge in [0.1, 0.15) is 11.4 Å². The first-order valence-electron chi connectivity index (χ1n) is 7.48. The molecule has 2 aromatic rings. The smallest absolute Gasteiger partial charge is 0.433 e. The van der Waals surface area contributed by atoms with Gasteiger partial charge in [-0.15, -0.1) is 11.8 Å². The summed E-state index contributed by atoms with van der Waals surface area (Å²) < 4.78 is 44.1. The summed E-state index contributed by atoms with van der Waals surface area (Å²) in [5.74, 6) is -0.494. The number of benzene rings is 1. The summed E-state index contributed by atoms with van der Waals surface area (Å²) in [5, 5.41) is 3.99. The molecule has 0 unspecified atom stereocenters. The van der Waals surface area contributed by atoms with Crippen LogP contribution >= 0.6 is 35.0 Å². The van der Waals surface area contributed by atoms with Crippen LogP contribution in [0.1, 0.15) is 12.6 Å². The first-order chi connectivity index (χ1) is 12.5. The van der Waals surface area contributed by atoms with E-state index in [9.17, 15) is 22.8 Å². The second kappa shape index (κ2) is 8.53. The summed E-state index contributed by atoms with van der Waals surface area (Å²) in [7, 11) is 1.08. The predicted octanol–water partition coefficient (Wildman–Crippen LogP) is 4.43. The summed E-state index contributed by atoms with van der Waals surface area (Å²) in [6, 6.07) is 3.20. The van der Waals surface area contributed by atoms with Gasteiger partial charge in [0.05, 0.1) is 22.4 Å². The SMILES string of the molecule is CCOC(=O)CSc1cc(-c2nn(C)c(C(F)(F)F)cc2=O)c(Cl)cc1Cl. The molecule has 0 amide bonds. The third-order valence-corrected chi connectivity index (χ3v) is 5.08. The van der Waals surface area contributed by atoms with E-state index in [1.165, 1.54) is 12.1 Å². The molecule has 0 saturated carbocycles. The maximum absolute atomic E-state index is 12.9. The lowest BCUT2D eigenvalue weighted by Crippen LogP contribution is -2.22. The van der Waals surface area contributed by atoms with Crippen molar-refractivity contribution in [1.82, 2.24) is 9.78 Å². The van der Waals surface area contributed by atoms with E-state index in [1.807, 2.05) is 0 Å². The number of aryl methyl sites for hydroxylation is 1. The van der Waals surface area contributed by atoms with Gasteiger partial charge in [0, 0.05) is 23.6 Å². The van der Waals surface area contributed by atoms with Crippen LogP contribution in [0.15, 0.2) is 27.9 Å². The summed E-state index contributed by atoms with van der Waals surface area (Å²) in [5.41, 5.74) is -2.27. The molecule has 0 saturated heterocycles. The molecular weight excluding hydrogens is 428 g/mol. The quantitative estimate of drug-likeness (QED) is 0.508. The van der Waals surface area contributed by atoms with Crippen LogP contribution in [0.2, 0.25) is 10.0 Å². The Bertz CT molecular complexity index is 932. The molecule has 1 heterocycles. The average Bonchev–Trinajstić information content (AvgIpc) is 2.55. The number of hydrogen-bond donors (Lipinski definition) is 0. The van der Waals surface area contributed by atoms with E-state index >= 15 is 0 Å². The molecule has 5 nitrogen and oxygen atoms in total. The lowest BCUT2D eigenvalue weighted by atomic mass is 10.1. The Hall–Kier alpha value is -1.71. The molecule has 2 rings (SSSR count). The summed E-state index contributed by atoms with van der Waals surface area (Å²) in [6.45, 7) is 1.90. The van der Waals surface area contributed by atoms with Gasteiger partial charge in [-0.05, 0) is 19.1 Å². The van der Waals surface area contributed by atoms with Crippen molar-refractivity contribution in [2.75, 3.05) is 12.4 Å². The van der Waals surface area contributed by atoms with Crippen LogP contribution in [-0.2, 0) is 22.8 Å². The van der Waals surface area contributed by atoms with E-state index < -0.39 is 23.3 Å². The minimum atomic E-state index is -4.72. The fraction of sp³-hybridized carbons (Fsp3) is 0.312. The predicted molar refractivity (Wildman–Crippen MR) is 97.3 cm³/mol. The average molecular weight is 441 g/mol. The van der Waals surface area contributed by atoms with Gasteiger partial charge < -0.3 is 4.74 Å². The maximum Gasteiger partial charge on any atom is 0.433 e. The van der Waals surface area contributed by atoms with Gasteiger partial charge in [0.2, 0.25) is 5.43 Å². The zero-order valence-electron chi connectivity index (χ0n) is 14.1. The largest absolute Gasteiger partial charge is 0.465 e. The van der Waals surface area contributed by atoms with Gasteiger partial charge in [-0.3, -0.25) is 14.3 Å². The molecule has 0 aliphatic carbocycles. The van der Waals surface area contributed by atoms with Crippen molar-refractivity contribution in [3.8, 4) is 11.3 Å². The molecule has 11 heteroatoms. The number of halogens is 5. The Morgan fingerprint density at radius 3 is 2.52 bits per heavy atom. The number of alkyl halides is 3. The Balaban J connectivity index is 2.47. The van der Waals surface area contributed by atoms with Crippen LogP contribution in [-0.4, -0.2) is 28.1 Å². The third-order valence-electron chi connectivity index (χ3n) is 3.32. The Labute approximate surface area is 166 Å². The van der Waals surface area contributed by atoms with Gasteiger partial charge in [-0.1, -0.05) is 23.2 Å². The molecule has 0 aliphatic rings. The minimum absolute atomic E-state index is 0.0346. The highest BCUT2D eigenvalue weighted by Crippen LogP contribution is 2.36. The van der Waals surface area contributed by atoms with Crippen LogP contribution in [0, 0.1) is 0 Å². The van der Waals surface area contributed by atoms with Gasteiger partial charge in [-0.25, -0.2) is 0 Å². The summed E-state index contributed by atoms with van der Waals surface area (Å²) >= 11 is 13.3. The number of carbonyl (C=O) groups excluding carboxylic acids is 1. The van der Waals surface area contributed by atoms with Crippen molar-refractivity contribution in [3.05, 3.63) is 44.2 Å². The highest BCUT2D eigenvalue weighted by Gasteiger charge is 2.34. The van der Waals surface area contributed by atoms with Gasteiger partial charge in [0.25, 0.3) is 0 Å². The zero-order valence-corrected chi connectivity index (χ0v) is 16.4. The molecule has 1 aromatic carbocycles. The number of nitrogens with zero attached hydrogens (tertiary/aromatic N) is 2. The minimum Gasteiger partial charge on any atom is -0.465 e. The summed E-state index contributed by atoms with van der Waals surface area (Å²) in [4.78, 5) is 24.1. The molecule has 0 spiro atoms. The fourth-order valence-electron chi connectivity index (χ4n) is 2.15. The van der Waals surface area contributed by atoms with E-state index in [1.54, 1.807) is 6.92 Å². The van der Waals surface area contributed by atoms with E-state index in [2.05, 4.69) is 5.10 Å². The first kappa shape index (κ1) is 21.6. The molecule has 146 valence electrons. The Morgan fingerprint density at radius 2 is 1.93 bits per heavy atom. The van der Waals surface area contributed by atoms with Crippen LogP contribution in [0.5, 0.6) is 0 Å². The van der Waals surface area contributed by atoms with Gasteiger partial charge in [-0.2, -0.15) is 18.3 Å². The highest BCUT2D eigenvalue weighted by atomic mass is 35.5. The number of thioether (sulfide) groups is 1. The monoisotopic (exact) mass is 440 g/mol. The summed E-state index contributed by atoms with van der Waals surface area (Å²) in [6.07, 6.45) is -4.72. The second-order valence-corrected chi connectivity index (χ2v) is 7.05. The molecule has 27 heavy (non-hydrogen) atoms. The van der Waals surface area contributed by atoms with E-state index in [0.29, 0.717) is 15.6 Å². The Kier molecular flexibility index (Phi) is 6.82. The lowest BCUT2D eigenvalue weighted by Gasteiger charge is -2.13. The molecule has 1 aromatic heterocycles. The molecule has 0 bridgehead atoms. The van der Waals surface area contributed by atoms with Crippen molar-refractivity contribution in [1.29, 1.82) is 0 Å². The van der Waals surface area contributed by atoms with Crippen molar-refractivity contribution in [2.45, 2.75) is 18.0 Å². The number of aromatic nitrogens is 2. The molecule has 0 N–H and O–H groups in total. The standard InChI is InChI=1S/C16H13Cl2F3N2O3S/c1-3-26-14(25)7-27-12-4-8(9(17)5-10(12)18)15-11(24)6-13(16(19,20)21)23(2)22-15/h4-6H,3,7H2,1-2H3. The van der Waals surface area contributed by atoms with Crippen molar-refractivity contribution in [3.63, 3.8) is 0 Å². The normalized spacial score (nSPS) is 11.5. The number of rotatable bonds is 5. The number of esters is 1. The molecule has 0 fully saturated rings.